The average molecular weight is 355 g/mol. The summed E-state index contributed by atoms with van der Waals surface area (Å²) in [6.45, 7) is 8.28. The standard InChI is InChI=1S/C19H25N5O2/c1-3-12-26-17-7-5-4-6-15(17)13-21-19(25)18-14(2)24(23-22-18)16-8-10-20-11-9-16/h3-7,16,20H,1,8-13H2,2H3,(H,21,25). The molecule has 0 bridgehead atoms. The van der Waals surface area contributed by atoms with Crippen LogP contribution in [0.4, 0.5) is 0 Å². The molecule has 1 aromatic heterocycles. The van der Waals surface area contributed by atoms with Crippen LogP contribution in [-0.4, -0.2) is 40.6 Å². The Morgan fingerprint density at radius 3 is 2.96 bits per heavy atom. The Morgan fingerprint density at radius 2 is 2.19 bits per heavy atom. The van der Waals surface area contributed by atoms with Crippen molar-refractivity contribution in [1.82, 2.24) is 25.6 Å². The lowest BCUT2D eigenvalue weighted by Crippen LogP contribution is -2.30. The number of ether oxygens (including phenoxy) is 1. The van der Waals surface area contributed by atoms with Crippen molar-refractivity contribution in [3.8, 4) is 5.75 Å². The quantitative estimate of drug-likeness (QED) is 0.743. The van der Waals surface area contributed by atoms with Crippen molar-refractivity contribution >= 4 is 5.91 Å². The summed E-state index contributed by atoms with van der Waals surface area (Å²) in [5.41, 5.74) is 2.10. The summed E-state index contributed by atoms with van der Waals surface area (Å²) in [4.78, 5) is 12.6. The second-order valence-electron chi connectivity index (χ2n) is 6.34. The van der Waals surface area contributed by atoms with Gasteiger partial charge in [-0.05, 0) is 38.9 Å². The third-order valence-electron chi connectivity index (χ3n) is 4.57. The Morgan fingerprint density at radius 1 is 1.42 bits per heavy atom. The molecular formula is C19H25N5O2. The van der Waals surface area contributed by atoms with E-state index in [0.29, 0.717) is 24.9 Å². The smallest absolute Gasteiger partial charge is 0.274 e. The van der Waals surface area contributed by atoms with Gasteiger partial charge >= 0.3 is 0 Å². The molecule has 26 heavy (non-hydrogen) atoms. The molecule has 1 aliphatic rings. The number of hydrogen-bond acceptors (Lipinski definition) is 5. The fourth-order valence-electron chi connectivity index (χ4n) is 3.15. The van der Waals surface area contributed by atoms with Gasteiger partial charge in [0.25, 0.3) is 5.91 Å². The SMILES string of the molecule is C=CCOc1ccccc1CNC(=O)c1nnn(C2CCNCC2)c1C. The largest absolute Gasteiger partial charge is 0.489 e. The molecule has 0 saturated carbocycles. The molecule has 1 saturated heterocycles. The Balaban J connectivity index is 1.66. The zero-order chi connectivity index (χ0) is 18.4. The molecule has 7 heteroatoms. The van der Waals surface area contributed by atoms with Crippen LogP contribution in [0.15, 0.2) is 36.9 Å². The first-order chi connectivity index (χ1) is 12.7. The summed E-state index contributed by atoms with van der Waals surface area (Å²) < 4.78 is 7.51. The summed E-state index contributed by atoms with van der Waals surface area (Å²) in [5, 5.41) is 14.6. The van der Waals surface area contributed by atoms with Gasteiger partial charge in [-0.2, -0.15) is 0 Å². The second-order valence-corrected chi connectivity index (χ2v) is 6.34. The Labute approximate surface area is 153 Å². The number of piperidine rings is 1. The van der Waals surface area contributed by atoms with Crippen LogP contribution in [0, 0.1) is 6.92 Å². The third-order valence-corrected chi connectivity index (χ3v) is 4.57. The van der Waals surface area contributed by atoms with Crippen molar-refractivity contribution in [3.05, 3.63) is 53.9 Å². The number of aromatic nitrogens is 3. The topological polar surface area (TPSA) is 81.1 Å². The highest BCUT2D eigenvalue weighted by Crippen LogP contribution is 2.21. The number of carbonyl (C=O) groups excluding carboxylic acids is 1. The fourth-order valence-corrected chi connectivity index (χ4v) is 3.15. The summed E-state index contributed by atoms with van der Waals surface area (Å²) >= 11 is 0. The van der Waals surface area contributed by atoms with Gasteiger partial charge in [0.1, 0.15) is 12.4 Å². The zero-order valence-corrected chi connectivity index (χ0v) is 15.1. The van der Waals surface area contributed by atoms with E-state index in [4.69, 9.17) is 4.74 Å². The first-order valence-electron chi connectivity index (χ1n) is 8.93. The van der Waals surface area contributed by atoms with Crippen molar-refractivity contribution in [3.63, 3.8) is 0 Å². The average Bonchev–Trinajstić information content (AvgIpc) is 3.07. The van der Waals surface area contributed by atoms with E-state index in [9.17, 15) is 4.79 Å². The number of hydrogen-bond donors (Lipinski definition) is 2. The molecule has 1 aliphatic heterocycles. The van der Waals surface area contributed by atoms with Crippen LogP contribution in [0.1, 0.15) is 40.6 Å². The summed E-state index contributed by atoms with van der Waals surface area (Å²) in [6, 6.07) is 7.93. The van der Waals surface area contributed by atoms with Gasteiger partial charge in [-0.3, -0.25) is 4.79 Å². The molecular weight excluding hydrogens is 330 g/mol. The number of para-hydroxylation sites is 1. The second kappa shape index (κ2) is 8.62. The minimum absolute atomic E-state index is 0.221. The minimum Gasteiger partial charge on any atom is -0.489 e. The molecule has 1 aromatic carbocycles. The molecule has 2 heterocycles. The van der Waals surface area contributed by atoms with Crippen LogP contribution >= 0.6 is 0 Å². The zero-order valence-electron chi connectivity index (χ0n) is 15.1. The number of nitrogens with one attached hydrogen (secondary N) is 2. The van der Waals surface area contributed by atoms with Crippen LogP contribution in [0.2, 0.25) is 0 Å². The molecule has 2 N–H and O–H groups in total. The first-order valence-corrected chi connectivity index (χ1v) is 8.93. The highest BCUT2D eigenvalue weighted by molar-refractivity contribution is 5.93. The van der Waals surface area contributed by atoms with Gasteiger partial charge in [-0.1, -0.05) is 36.1 Å². The molecule has 1 amide bonds. The summed E-state index contributed by atoms with van der Waals surface area (Å²) in [6.07, 6.45) is 3.69. The Hall–Kier alpha value is -2.67. The number of nitrogens with zero attached hydrogens (tertiary/aromatic N) is 3. The molecule has 138 valence electrons. The van der Waals surface area contributed by atoms with Gasteiger partial charge in [-0.25, -0.2) is 4.68 Å². The molecule has 0 spiro atoms. The van der Waals surface area contributed by atoms with Gasteiger partial charge in [0.2, 0.25) is 0 Å². The summed E-state index contributed by atoms with van der Waals surface area (Å²) in [5.74, 6) is 0.518. The molecule has 1 fully saturated rings. The van der Waals surface area contributed by atoms with Crippen LogP contribution in [0.5, 0.6) is 5.75 Å². The van der Waals surface area contributed by atoms with E-state index in [1.807, 2.05) is 35.9 Å². The molecule has 0 unspecified atom stereocenters. The van der Waals surface area contributed by atoms with Gasteiger partial charge in [0.05, 0.1) is 11.7 Å². The normalized spacial score (nSPS) is 14.8. The van der Waals surface area contributed by atoms with E-state index in [1.54, 1.807) is 6.08 Å². The van der Waals surface area contributed by atoms with Crippen LogP contribution in [-0.2, 0) is 6.54 Å². The van der Waals surface area contributed by atoms with E-state index in [2.05, 4.69) is 27.5 Å². The highest BCUT2D eigenvalue weighted by Gasteiger charge is 2.22. The number of carbonyl (C=O) groups is 1. The third kappa shape index (κ3) is 4.11. The van der Waals surface area contributed by atoms with Crippen LogP contribution < -0.4 is 15.4 Å². The number of benzene rings is 1. The monoisotopic (exact) mass is 355 g/mol. The van der Waals surface area contributed by atoms with Gasteiger partial charge in [-0.15, -0.1) is 5.10 Å². The predicted molar refractivity (Wildman–Crippen MR) is 99.2 cm³/mol. The van der Waals surface area contributed by atoms with E-state index in [0.717, 1.165) is 42.9 Å². The minimum atomic E-state index is -0.221. The van der Waals surface area contributed by atoms with Crippen molar-refractivity contribution in [2.24, 2.45) is 0 Å². The highest BCUT2D eigenvalue weighted by atomic mass is 16.5. The van der Waals surface area contributed by atoms with Gasteiger partial charge in [0, 0.05) is 12.1 Å². The van der Waals surface area contributed by atoms with Crippen molar-refractivity contribution in [2.45, 2.75) is 32.4 Å². The molecule has 3 rings (SSSR count). The summed E-state index contributed by atoms with van der Waals surface area (Å²) in [7, 11) is 0. The molecule has 0 atom stereocenters. The molecule has 2 aromatic rings. The predicted octanol–water partition coefficient (Wildman–Crippen LogP) is 2.01. The van der Waals surface area contributed by atoms with E-state index in [1.165, 1.54) is 0 Å². The lowest BCUT2D eigenvalue weighted by Gasteiger charge is -2.23. The van der Waals surface area contributed by atoms with Crippen LogP contribution in [0.3, 0.4) is 0 Å². The molecule has 0 radical (unpaired) electrons. The van der Waals surface area contributed by atoms with Crippen molar-refractivity contribution in [1.29, 1.82) is 0 Å². The lowest BCUT2D eigenvalue weighted by atomic mass is 10.1. The van der Waals surface area contributed by atoms with Crippen molar-refractivity contribution < 1.29 is 9.53 Å². The number of amides is 1. The number of rotatable bonds is 7. The molecule has 7 nitrogen and oxygen atoms in total. The van der Waals surface area contributed by atoms with Crippen LogP contribution in [0.25, 0.3) is 0 Å². The first kappa shape index (κ1) is 18.1. The van der Waals surface area contributed by atoms with E-state index >= 15 is 0 Å². The van der Waals surface area contributed by atoms with Crippen molar-refractivity contribution in [2.75, 3.05) is 19.7 Å². The maximum absolute atomic E-state index is 12.6. The Kier molecular flexibility index (Phi) is 6.01. The van der Waals surface area contributed by atoms with Gasteiger partial charge < -0.3 is 15.4 Å². The lowest BCUT2D eigenvalue weighted by molar-refractivity contribution is 0.0945. The fraction of sp³-hybridized carbons (Fsp3) is 0.421. The van der Waals surface area contributed by atoms with Gasteiger partial charge in [0.15, 0.2) is 5.69 Å². The maximum Gasteiger partial charge on any atom is 0.274 e. The van der Waals surface area contributed by atoms with E-state index < -0.39 is 0 Å². The molecule has 0 aliphatic carbocycles. The Bertz CT molecular complexity index is 765. The maximum atomic E-state index is 12.6. The van der Waals surface area contributed by atoms with E-state index in [-0.39, 0.29) is 5.91 Å².